The average Bonchev–Trinajstić information content (AvgIpc) is 3.19. The Bertz CT molecular complexity index is 1140. The molecule has 0 aliphatic rings. The molecule has 29 heavy (non-hydrogen) atoms. The number of fused-ring (bicyclic) bond motifs is 1. The molecule has 0 saturated heterocycles. The minimum Gasteiger partial charge on any atom is -0.496 e. The van der Waals surface area contributed by atoms with E-state index < -0.39 is 0 Å². The molecule has 6 heteroatoms. The molecular weight excluding hydrogens is 382 g/mol. The van der Waals surface area contributed by atoms with Gasteiger partial charge in [-0.05, 0) is 47.4 Å². The maximum Gasteiger partial charge on any atom is 0.251 e. The summed E-state index contributed by atoms with van der Waals surface area (Å²) >= 11 is 1.47. The summed E-state index contributed by atoms with van der Waals surface area (Å²) in [6, 6.07) is 23.4. The van der Waals surface area contributed by atoms with E-state index in [1.807, 2.05) is 66.7 Å². The molecule has 3 aromatic carbocycles. The molecule has 0 aliphatic heterocycles. The number of hydrogen-bond acceptors (Lipinski definition) is 5. The minimum absolute atomic E-state index is 0.105. The van der Waals surface area contributed by atoms with Crippen LogP contribution in [0.3, 0.4) is 0 Å². The lowest BCUT2D eigenvalue weighted by Crippen LogP contribution is -2.28. The molecule has 146 valence electrons. The van der Waals surface area contributed by atoms with Crippen molar-refractivity contribution in [1.82, 2.24) is 9.69 Å². The Labute approximate surface area is 173 Å². The highest BCUT2D eigenvalue weighted by molar-refractivity contribution is 7.13. The van der Waals surface area contributed by atoms with E-state index in [1.165, 1.54) is 11.5 Å². The van der Waals surface area contributed by atoms with Crippen molar-refractivity contribution in [3.8, 4) is 16.9 Å². The molecule has 0 fully saturated rings. The number of amides is 1. The molecule has 0 aliphatic carbocycles. The van der Waals surface area contributed by atoms with E-state index in [9.17, 15) is 4.79 Å². The van der Waals surface area contributed by atoms with Crippen LogP contribution in [0.2, 0.25) is 0 Å². The van der Waals surface area contributed by atoms with Gasteiger partial charge in [-0.3, -0.25) is 4.79 Å². The zero-order valence-corrected chi connectivity index (χ0v) is 16.8. The first-order chi connectivity index (χ1) is 14.3. The molecule has 1 heterocycles. The van der Waals surface area contributed by atoms with Crippen LogP contribution in [0.15, 0.2) is 72.8 Å². The lowest BCUT2D eigenvalue weighted by Gasteiger charge is -2.10. The van der Waals surface area contributed by atoms with Crippen molar-refractivity contribution in [2.24, 2.45) is 0 Å². The van der Waals surface area contributed by atoms with E-state index in [-0.39, 0.29) is 5.91 Å². The van der Waals surface area contributed by atoms with E-state index in [2.05, 4.69) is 21.1 Å². The van der Waals surface area contributed by atoms with Crippen LogP contribution in [0.4, 0.5) is 5.82 Å². The van der Waals surface area contributed by atoms with Gasteiger partial charge in [0, 0.05) is 29.6 Å². The molecule has 1 amide bonds. The van der Waals surface area contributed by atoms with Crippen molar-refractivity contribution in [1.29, 1.82) is 0 Å². The van der Waals surface area contributed by atoms with Gasteiger partial charge in [0.2, 0.25) is 0 Å². The largest absolute Gasteiger partial charge is 0.496 e. The van der Waals surface area contributed by atoms with Gasteiger partial charge in [0.15, 0.2) is 0 Å². The summed E-state index contributed by atoms with van der Waals surface area (Å²) in [5, 5.41) is 7.36. The molecular formula is C23H21N3O2S. The fourth-order valence-electron chi connectivity index (χ4n) is 3.18. The smallest absolute Gasteiger partial charge is 0.251 e. The lowest BCUT2D eigenvalue weighted by atomic mass is 10.0. The van der Waals surface area contributed by atoms with Crippen molar-refractivity contribution in [3.63, 3.8) is 0 Å². The maximum absolute atomic E-state index is 12.6. The molecule has 0 unspecified atom stereocenters. The van der Waals surface area contributed by atoms with Gasteiger partial charge in [-0.1, -0.05) is 42.5 Å². The molecule has 0 bridgehead atoms. The third-order valence-corrected chi connectivity index (χ3v) is 5.45. The van der Waals surface area contributed by atoms with Gasteiger partial charge >= 0.3 is 0 Å². The fraction of sp³-hybridized carbons (Fsp3) is 0.130. The van der Waals surface area contributed by atoms with Crippen molar-refractivity contribution in [2.45, 2.75) is 0 Å². The molecule has 0 radical (unpaired) electrons. The molecule has 4 rings (SSSR count). The standard InChI is InChI=1S/C23H21N3O2S/c1-28-20-11-4-2-9-18(20)16-7-6-8-17(15-16)23(27)25-14-13-24-22-19-10-3-5-12-21(19)29-26-22/h2-12,15H,13-14H2,1H3,(H,24,26)(H,25,27). The Kier molecular flexibility index (Phi) is 5.72. The fourth-order valence-corrected chi connectivity index (χ4v) is 3.94. The monoisotopic (exact) mass is 403 g/mol. The van der Waals surface area contributed by atoms with Gasteiger partial charge in [-0.2, -0.15) is 4.37 Å². The van der Waals surface area contributed by atoms with Crippen LogP contribution in [-0.2, 0) is 0 Å². The number of carbonyl (C=O) groups is 1. The van der Waals surface area contributed by atoms with Gasteiger partial charge in [-0.25, -0.2) is 0 Å². The average molecular weight is 404 g/mol. The van der Waals surface area contributed by atoms with Crippen molar-refractivity contribution >= 4 is 33.3 Å². The van der Waals surface area contributed by atoms with E-state index in [0.717, 1.165) is 32.8 Å². The second-order valence-corrected chi connectivity index (χ2v) is 7.30. The lowest BCUT2D eigenvalue weighted by molar-refractivity contribution is 0.0955. The molecule has 1 aromatic heterocycles. The summed E-state index contributed by atoms with van der Waals surface area (Å²) in [5.41, 5.74) is 2.52. The van der Waals surface area contributed by atoms with E-state index in [4.69, 9.17) is 4.74 Å². The number of rotatable bonds is 7. The van der Waals surface area contributed by atoms with Crippen LogP contribution in [0, 0.1) is 0 Å². The quantitative estimate of drug-likeness (QED) is 0.435. The molecule has 5 nitrogen and oxygen atoms in total. The topological polar surface area (TPSA) is 63.2 Å². The van der Waals surface area contributed by atoms with E-state index >= 15 is 0 Å². The summed E-state index contributed by atoms with van der Waals surface area (Å²) in [4.78, 5) is 12.6. The third-order valence-electron chi connectivity index (χ3n) is 4.62. The molecule has 0 saturated carbocycles. The van der Waals surface area contributed by atoms with Crippen molar-refractivity contribution in [2.75, 3.05) is 25.5 Å². The highest BCUT2D eigenvalue weighted by atomic mass is 32.1. The zero-order valence-electron chi connectivity index (χ0n) is 16.0. The summed E-state index contributed by atoms with van der Waals surface area (Å²) in [7, 11) is 1.65. The van der Waals surface area contributed by atoms with E-state index in [0.29, 0.717) is 18.7 Å². The number of benzene rings is 3. The molecule has 0 atom stereocenters. The number of hydrogen-bond donors (Lipinski definition) is 2. The molecule has 2 N–H and O–H groups in total. The van der Waals surface area contributed by atoms with Crippen LogP contribution in [0.5, 0.6) is 5.75 Å². The number of anilines is 1. The highest BCUT2D eigenvalue weighted by Crippen LogP contribution is 2.30. The maximum atomic E-state index is 12.6. The number of carbonyl (C=O) groups excluding carboxylic acids is 1. The Morgan fingerprint density at radius 2 is 1.83 bits per heavy atom. The minimum atomic E-state index is -0.105. The first-order valence-electron chi connectivity index (χ1n) is 9.36. The number of methoxy groups -OCH3 is 1. The predicted octanol–water partition coefficient (Wildman–Crippen LogP) is 4.81. The van der Waals surface area contributed by atoms with Crippen LogP contribution in [-0.4, -0.2) is 30.5 Å². The summed E-state index contributed by atoms with van der Waals surface area (Å²) in [5.74, 6) is 1.54. The molecule has 0 spiro atoms. The van der Waals surface area contributed by atoms with Gasteiger partial charge in [0.1, 0.15) is 11.6 Å². The van der Waals surface area contributed by atoms with Gasteiger partial charge < -0.3 is 15.4 Å². The number of nitrogens with one attached hydrogen (secondary N) is 2. The highest BCUT2D eigenvalue weighted by Gasteiger charge is 2.10. The van der Waals surface area contributed by atoms with E-state index in [1.54, 1.807) is 7.11 Å². The number of para-hydroxylation sites is 1. The molecule has 4 aromatic rings. The van der Waals surface area contributed by atoms with Crippen LogP contribution < -0.4 is 15.4 Å². The SMILES string of the molecule is COc1ccccc1-c1cccc(C(=O)NCCNc2nsc3ccccc23)c1. The van der Waals surface area contributed by atoms with Gasteiger partial charge in [0.25, 0.3) is 5.91 Å². The Hall–Kier alpha value is -3.38. The number of ether oxygens (including phenoxy) is 1. The van der Waals surface area contributed by atoms with Crippen LogP contribution >= 0.6 is 11.5 Å². The van der Waals surface area contributed by atoms with Crippen LogP contribution in [0.25, 0.3) is 21.2 Å². The van der Waals surface area contributed by atoms with Crippen molar-refractivity contribution < 1.29 is 9.53 Å². The summed E-state index contributed by atoms with van der Waals surface area (Å²) in [6.45, 7) is 1.11. The third kappa shape index (κ3) is 4.22. The Morgan fingerprint density at radius 3 is 2.72 bits per heavy atom. The number of nitrogens with zero attached hydrogens (tertiary/aromatic N) is 1. The predicted molar refractivity (Wildman–Crippen MR) is 119 cm³/mol. The second kappa shape index (κ2) is 8.75. The second-order valence-electron chi connectivity index (χ2n) is 6.49. The summed E-state index contributed by atoms with van der Waals surface area (Å²) in [6.07, 6.45) is 0. The normalized spacial score (nSPS) is 10.7. The van der Waals surface area contributed by atoms with Crippen molar-refractivity contribution in [3.05, 3.63) is 78.4 Å². The first kappa shape index (κ1) is 19.0. The number of aromatic nitrogens is 1. The first-order valence-corrected chi connectivity index (χ1v) is 10.1. The Morgan fingerprint density at radius 1 is 1.00 bits per heavy atom. The van der Waals surface area contributed by atoms with Gasteiger partial charge in [-0.15, -0.1) is 0 Å². The van der Waals surface area contributed by atoms with Gasteiger partial charge in [0.05, 0.1) is 11.8 Å². The summed E-state index contributed by atoms with van der Waals surface area (Å²) < 4.78 is 11.0. The Balaban J connectivity index is 1.38. The zero-order chi connectivity index (χ0) is 20.1. The van der Waals surface area contributed by atoms with Crippen LogP contribution in [0.1, 0.15) is 10.4 Å².